The largest absolute Gasteiger partial charge is 0.444 e. The first kappa shape index (κ1) is 26.7. The highest BCUT2D eigenvalue weighted by Crippen LogP contribution is 2.19. The Labute approximate surface area is 198 Å². The fourth-order valence-corrected chi connectivity index (χ4v) is 3.68. The maximum atomic E-state index is 12.2. The average Bonchev–Trinajstić information content (AvgIpc) is 3.11. The van der Waals surface area contributed by atoms with Crippen LogP contribution in [0.5, 0.6) is 0 Å². The van der Waals surface area contributed by atoms with E-state index in [1.807, 2.05) is 39.8 Å². The maximum absolute atomic E-state index is 12.2. The van der Waals surface area contributed by atoms with Crippen LogP contribution in [0.4, 0.5) is 4.79 Å². The van der Waals surface area contributed by atoms with Crippen molar-refractivity contribution in [2.24, 2.45) is 10.7 Å². The van der Waals surface area contributed by atoms with Gasteiger partial charge in [0.15, 0.2) is 5.96 Å². The summed E-state index contributed by atoms with van der Waals surface area (Å²) in [5, 5.41) is 0. The summed E-state index contributed by atoms with van der Waals surface area (Å²) in [6.07, 6.45) is 2.60. The number of likely N-dealkylation sites (N-methyl/N-ethyl adjacent to an activating group) is 1. The molecule has 0 spiro atoms. The van der Waals surface area contributed by atoms with Crippen LogP contribution in [-0.4, -0.2) is 109 Å². The van der Waals surface area contributed by atoms with Gasteiger partial charge in [0.25, 0.3) is 0 Å². The zero-order valence-corrected chi connectivity index (χ0v) is 21.4. The number of rotatable bonds is 5. The number of guanidine groups is 1. The number of nitrogens with zero attached hydrogens (tertiary/aromatic N) is 5. The third-order valence-electron chi connectivity index (χ3n) is 5.22. The molecule has 30 heavy (non-hydrogen) atoms. The van der Waals surface area contributed by atoms with Crippen LogP contribution in [0, 0.1) is 0 Å². The second kappa shape index (κ2) is 11.9. The molecule has 2 saturated heterocycles. The van der Waals surface area contributed by atoms with Crippen LogP contribution in [0.3, 0.4) is 0 Å². The van der Waals surface area contributed by atoms with Crippen molar-refractivity contribution in [2.45, 2.75) is 51.7 Å². The Bertz CT molecular complexity index is 600. The molecule has 2 fully saturated rings. The highest BCUT2D eigenvalue weighted by molar-refractivity contribution is 14.0. The predicted octanol–water partition coefficient (Wildman–Crippen LogP) is 1.41. The second-order valence-electron chi connectivity index (χ2n) is 8.97. The fraction of sp³-hybridized carbons (Fsp3) is 0.850. The second-order valence-corrected chi connectivity index (χ2v) is 8.97. The first-order valence-electron chi connectivity index (χ1n) is 10.6. The molecule has 0 radical (unpaired) electrons. The molecule has 0 aromatic carbocycles. The third-order valence-corrected chi connectivity index (χ3v) is 5.22. The van der Waals surface area contributed by atoms with Crippen LogP contribution in [0.1, 0.15) is 40.0 Å². The van der Waals surface area contributed by atoms with Crippen molar-refractivity contribution in [3.8, 4) is 0 Å². The Balaban J connectivity index is 0.00000450. The Hall–Kier alpha value is -1.30. The van der Waals surface area contributed by atoms with E-state index in [4.69, 9.17) is 10.5 Å². The molecule has 1 unspecified atom stereocenters. The molecule has 2 N–H and O–H groups in total. The standard InChI is InChI=1S/C20H38N6O3.HI/c1-20(2,3)29-19(28)26-14-12-25(13-15-26)18(21)22-9-7-11-24-10-6-8-16(24)17(27)23(4)5;/h16H,6-15H2,1-5H3,(H2,21,22);1H. The number of hydrogen-bond donors (Lipinski definition) is 1. The molecule has 2 aliphatic heterocycles. The Morgan fingerprint density at radius 3 is 2.27 bits per heavy atom. The Kier molecular flexibility index (Phi) is 10.6. The molecule has 0 aromatic rings. The van der Waals surface area contributed by atoms with Gasteiger partial charge in [0.1, 0.15) is 5.60 Å². The number of amides is 2. The first-order valence-corrected chi connectivity index (χ1v) is 10.6. The molecular weight excluding hydrogens is 499 g/mol. The van der Waals surface area contributed by atoms with E-state index in [0.717, 1.165) is 32.4 Å². The zero-order valence-electron chi connectivity index (χ0n) is 19.1. The molecule has 2 aliphatic rings. The summed E-state index contributed by atoms with van der Waals surface area (Å²) in [6, 6.07) is 0.00672. The molecule has 174 valence electrons. The SMILES string of the molecule is CN(C)C(=O)C1CCCN1CCCN=C(N)N1CCN(C(=O)OC(C)(C)C)CC1.I. The molecule has 0 bridgehead atoms. The smallest absolute Gasteiger partial charge is 0.410 e. The predicted molar refractivity (Wildman–Crippen MR) is 129 cm³/mol. The van der Waals surface area contributed by atoms with Gasteiger partial charge in [0, 0.05) is 53.4 Å². The number of piperazine rings is 1. The summed E-state index contributed by atoms with van der Waals surface area (Å²) in [7, 11) is 3.62. The summed E-state index contributed by atoms with van der Waals surface area (Å²) in [4.78, 5) is 36.5. The van der Waals surface area contributed by atoms with Gasteiger partial charge in [-0.3, -0.25) is 14.7 Å². The van der Waals surface area contributed by atoms with Gasteiger partial charge in [-0.15, -0.1) is 24.0 Å². The first-order chi connectivity index (χ1) is 13.6. The van der Waals surface area contributed by atoms with Gasteiger partial charge >= 0.3 is 6.09 Å². The van der Waals surface area contributed by atoms with E-state index in [0.29, 0.717) is 38.7 Å². The fourth-order valence-electron chi connectivity index (χ4n) is 3.68. The summed E-state index contributed by atoms with van der Waals surface area (Å²) < 4.78 is 5.42. The number of carbonyl (C=O) groups excluding carboxylic acids is 2. The highest BCUT2D eigenvalue weighted by Gasteiger charge is 2.31. The maximum Gasteiger partial charge on any atom is 0.410 e. The van der Waals surface area contributed by atoms with Crippen molar-refractivity contribution < 1.29 is 14.3 Å². The quantitative estimate of drug-likeness (QED) is 0.246. The molecule has 2 amide bonds. The zero-order chi connectivity index (χ0) is 21.6. The van der Waals surface area contributed by atoms with Crippen LogP contribution >= 0.6 is 24.0 Å². The molecule has 10 heteroatoms. The van der Waals surface area contributed by atoms with Crippen LogP contribution in [0.15, 0.2) is 4.99 Å². The van der Waals surface area contributed by atoms with E-state index in [1.54, 1.807) is 9.80 Å². The minimum atomic E-state index is -0.486. The summed E-state index contributed by atoms with van der Waals surface area (Å²) in [5.74, 6) is 0.713. The van der Waals surface area contributed by atoms with Crippen molar-refractivity contribution in [1.82, 2.24) is 19.6 Å². The van der Waals surface area contributed by atoms with Crippen LogP contribution in [0.2, 0.25) is 0 Å². The number of halogens is 1. The minimum absolute atomic E-state index is 0. The number of nitrogens with two attached hydrogens (primary N) is 1. The summed E-state index contributed by atoms with van der Waals surface area (Å²) in [5.41, 5.74) is 5.66. The molecule has 1 atom stereocenters. The monoisotopic (exact) mass is 538 g/mol. The number of aliphatic imine (C=N–C) groups is 1. The van der Waals surface area contributed by atoms with Crippen LogP contribution in [0.25, 0.3) is 0 Å². The van der Waals surface area contributed by atoms with E-state index in [-0.39, 0.29) is 42.0 Å². The van der Waals surface area contributed by atoms with Crippen molar-refractivity contribution in [2.75, 3.05) is 59.9 Å². The van der Waals surface area contributed by atoms with E-state index in [2.05, 4.69) is 9.89 Å². The van der Waals surface area contributed by atoms with Gasteiger partial charge < -0.3 is 25.2 Å². The van der Waals surface area contributed by atoms with E-state index < -0.39 is 5.60 Å². The number of carbonyl (C=O) groups is 2. The Morgan fingerprint density at radius 1 is 1.10 bits per heavy atom. The molecule has 2 rings (SSSR count). The van der Waals surface area contributed by atoms with Crippen LogP contribution in [-0.2, 0) is 9.53 Å². The normalized spacial score (nSPS) is 20.7. The molecular formula is C20H39IN6O3. The molecule has 0 aromatic heterocycles. The van der Waals surface area contributed by atoms with Crippen molar-refractivity contribution >= 4 is 41.9 Å². The van der Waals surface area contributed by atoms with Gasteiger partial charge in [0.2, 0.25) is 5.91 Å². The van der Waals surface area contributed by atoms with Crippen LogP contribution < -0.4 is 5.73 Å². The van der Waals surface area contributed by atoms with Crippen molar-refractivity contribution in [3.63, 3.8) is 0 Å². The lowest BCUT2D eigenvalue weighted by Crippen LogP contribution is -2.53. The molecule has 9 nitrogen and oxygen atoms in total. The lowest BCUT2D eigenvalue weighted by Gasteiger charge is -2.36. The average molecular weight is 538 g/mol. The van der Waals surface area contributed by atoms with Gasteiger partial charge in [-0.25, -0.2) is 4.79 Å². The van der Waals surface area contributed by atoms with E-state index in [9.17, 15) is 9.59 Å². The summed E-state index contributed by atoms with van der Waals surface area (Å²) >= 11 is 0. The van der Waals surface area contributed by atoms with Gasteiger partial charge in [-0.1, -0.05) is 0 Å². The van der Waals surface area contributed by atoms with Crippen molar-refractivity contribution in [1.29, 1.82) is 0 Å². The van der Waals surface area contributed by atoms with E-state index in [1.165, 1.54) is 0 Å². The van der Waals surface area contributed by atoms with E-state index >= 15 is 0 Å². The number of hydrogen-bond acceptors (Lipinski definition) is 5. The molecule has 2 heterocycles. The topological polar surface area (TPSA) is 94.7 Å². The highest BCUT2D eigenvalue weighted by atomic mass is 127. The van der Waals surface area contributed by atoms with Gasteiger partial charge in [0.05, 0.1) is 6.04 Å². The molecule has 0 saturated carbocycles. The lowest BCUT2D eigenvalue weighted by atomic mass is 10.2. The lowest BCUT2D eigenvalue weighted by molar-refractivity contribution is -0.133. The number of likely N-dealkylation sites (tertiary alicyclic amines) is 1. The Morgan fingerprint density at radius 2 is 1.70 bits per heavy atom. The van der Waals surface area contributed by atoms with Gasteiger partial charge in [-0.2, -0.15) is 0 Å². The number of ether oxygens (including phenoxy) is 1. The van der Waals surface area contributed by atoms with Crippen molar-refractivity contribution in [3.05, 3.63) is 0 Å². The molecule has 0 aliphatic carbocycles. The van der Waals surface area contributed by atoms with Gasteiger partial charge in [-0.05, 0) is 46.6 Å². The summed E-state index contributed by atoms with van der Waals surface area (Å²) in [6.45, 7) is 10.5. The minimum Gasteiger partial charge on any atom is -0.444 e. The third kappa shape index (κ3) is 8.09.